The number of urea groups is 1. The summed E-state index contributed by atoms with van der Waals surface area (Å²) >= 11 is 6.51. The number of nitrogens with zero attached hydrogens (tertiary/aromatic N) is 1. The molecular formula is C21H17ClFN5O5S2. The number of H-pyrrole nitrogens is 1. The Morgan fingerprint density at radius 1 is 1.11 bits per heavy atom. The summed E-state index contributed by atoms with van der Waals surface area (Å²) in [5, 5.41) is 5.42. The van der Waals surface area contributed by atoms with Crippen LogP contribution in [0.2, 0.25) is 4.34 Å². The summed E-state index contributed by atoms with van der Waals surface area (Å²) in [6.07, 6.45) is 0. The van der Waals surface area contributed by atoms with Crippen molar-refractivity contribution in [2.75, 3.05) is 17.7 Å². The summed E-state index contributed by atoms with van der Waals surface area (Å²) in [5.41, 5.74) is -0.479. The van der Waals surface area contributed by atoms with E-state index >= 15 is 0 Å². The summed E-state index contributed by atoms with van der Waals surface area (Å²) in [7, 11) is -2.47. The minimum atomic E-state index is -4.16. The van der Waals surface area contributed by atoms with Crippen LogP contribution in [0.15, 0.2) is 62.3 Å². The second kappa shape index (κ2) is 9.52. The van der Waals surface area contributed by atoms with Crippen LogP contribution in [-0.4, -0.2) is 31.0 Å². The van der Waals surface area contributed by atoms with E-state index in [1.54, 1.807) is 19.2 Å². The van der Waals surface area contributed by atoms with E-state index < -0.39 is 34.0 Å². The van der Waals surface area contributed by atoms with Gasteiger partial charge >= 0.3 is 11.7 Å². The highest BCUT2D eigenvalue weighted by Gasteiger charge is 2.20. The smallest absolute Gasteiger partial charge is 0.333 e. The fourth-order valence-corrected chi connectivity index (χ4v) is 5.74. The summed E-state index contributed by atoms with van der Waals surface area (Å²) in [6.45, 7) is -1.07. The molecule has 2 aromatic carbocycles. The summed E-state index contributed by atoms with van der Waals surface area (Å²) in [5.74, 6) is 0. The molecule has 0 atom stereocenters. The predicted octanol–water partition coefficient (Wildman–Crippen LogP) is 3.42. The zero-order valence-corrected chi connectivity index (χ0v) is 20.3. The van der Waals surface area contributed by atoms with Crippen molar-refractivity contribution in [3.63, 3.8) is 0 Å². The number of amides is 2. The van der Waals surface area contributed by atoms with E-state index in [2.05, 4.69) is 15.6 Å². The molecule has 35 heavy (non-hydrogen) atoms. The van der Waals surface area contributed by atoms with Gasteiger partial charge in [-0.05, 0) is 48.5 Å². The van der Waals surface area contributed by atoms with Crippen LogP contribution in [0.25, 0.3) is 16.6 Å². The van der Waals surface area contributed by atoms with Gasteiger partial charge in [-0.2, -0.15) is 0 Å². The molecule has 0 radical (unpaired) electrons. The van der Waals surface area contributed by atoms with Gasteiger partial charge in [-0.15, -0.1) is 11.3 Å². The number of carbonyl (C=O) groups is 1. The molecule has 4 rings (SSSR count). The number of sulfonamides is 1. The number of fused-ring (bicyclic) bond motifs is 1. The lowest BCUT2D eigenvalue weighted by Crippen LogP contribution is -2.35. The van der Waals surface area contributed by atoms with Gasteiger partial charge in [0.25, 0.3) is 15.6 Å². The number of hydrogen-bond donors (Lipinski definition) is 4. The average Bonchev–Trinajstić information content (AvgIpc) is 3.26. The number of aromatic amines is 1. The molecule has 4 N–H and O–H groups in total. The number of carbonyl (C=O) groups excluding carboxylic acids is 1. The highest BCUT2D eigenvalue weighted by atomic mass is 35.5. The van der Waals surface area contributed by atoms with Crippen LogP contribution in [0, 0.1) is 0 Å². The van der Waals surface area contributed by atoms with Gasteiger partial charge in [0.2, 0.25) is 0 Å². The second-order valence-electron chi connectivity index (χ2n) is 7.18. The number of rotatable bonds is 6. The van der Waals surface area contributed by atoms with Crippen molar-refractivity contribution >= 4 is 61.3 Å². The first-order valence-corrected chi connectivity index (χ1v) is 12.6. The Morgan fingerprint density at radius 2 is 1.86 bits per heavy atom. The maximum atomic E-state index is 13.9. The number of hydrogen-bond acceptors (Lipinski definition) is 7. The van der Waals surface area contributed by atoms with Crippen molar-refractivity contribution in [1.82, 2.24) is 14.3 Å². The molecule has 0 saturated carbocycles. The molecule has 182 valence electrons. The minimum Gasteiger partial charge on any atom is -0.388 e. The van der Waals surface area contributed by atoms with Crippen molar-refractivity contribution in [3.8, 4) is 5.69 Å². The zero-order valence-electron chi connectivity index (χ0n) is 17.9. The topological polar surface area (TPSA) is 142 Å². The van der Waals surface area contributed by atoms with E-state index in [1.807, 2.05) is 4.72 Å². The molecule has 2 aromatic heterocycles. The molecule has 14 heteroatoms. The Labute approximate surface area is 206 Å². The van der Waals surface area contributed by atoms with E-state index in [9.17, 15) is 27.2 Å². The second-order valence-corrected chi connectivity index (χ2v) is 10.8. The molecule has 10 nitrogen and oxygen atoms in total. The minimum absolute atomic E-state index is 0.0230. The lowest BCUT2D eigenvalue weighted by Gasteiger charge is -2.13. The van der Waals surface area contributed by atoms with E-state index in [0.717, 1.165) is 15.9 Å². The van der Waals surface area contributed by atoms with E-state index in [-0.39, 0.29) is 30.9 Å². The third kappa shape index (κ3) is 4.92. The number of halogens is 2. The number of benzene rings is 2. The Bertz CT molecular complexity index is 1680. The van der Waals surface area contributed by atoms with Crippen LogP contribution in [0.5, 0.6) is 0 Å². The van der Waals surface area contributed by atoms with Gasteiger partial charge in [0.05, 0.1) is 20.9 Å². The van der Waals surface area contributed by atoms with Crippen molar-refractivity contribution in [3.05, 3.63) is 79.3 Å². The number of nitrogens with one attached hydrogen (secondary N) is 4. The Kier molecular flexibility index (Phi) is 6.65. The SMILES string of the molecule is CNc1ccc2c(=O)n(-c3ccc(NC(=O)NS(=O)(=O)c4ccc(Cl)s4)cc3CF)c(=O)[nH]c2c1. The molecule has 0 spiro atoms. The lowest BCUT2D eigenvalue weighted by atomic mass is 10.1. The molecule has 0 saturated heterocycles. The number of alkyl halides is 1. The standard InChI is InChI=1S/C21H17ClFN5O5S2/c1-24-12-2-4-14-15(9-12)26-21(31)28(19(14)29)16-5-3-13(8-11(16)10-23)25-20(30)27-35(32,33)18-7-6-17(22)34-18/h2-9,24H,10H2,1H3,(H,26,31)(H2,25,27,30). The van der Waals surface area contributed by atoms with Crippen LogP contribution < -0.4 is 26.6 Å². The predicted molar refractivity (Wildman–Crippen MR) is 133 cm³/mol. The van der Waals surface area contributed by atoms with Crippen LogP contribution in [-0.2, 0) is 16.7 Å². The van der Waals surface area contributed by atoms with Gasteiger partial charge in [-0.3, -0.25) is 4.79 Å². The van der Waals surface area contributed by atoms with E-state index in [4.69, 9.17) is 11.6 Å². The monoisotopic (exact) mass is 537 g/mol. The molecule has 0 aliphatic carbocycles. The van der Waals surface area contributed by atoms with Crippen molar-refractivity contribution in [2.24, 2.45) is 0 Å². The molecule has 2 amide bonds. The summed E-state index contributed by atoms with van der Waals surface area (Å²) in [4.78, 5) is 40.5. The molecule has 0 aliphatic rings. The normalized spacial score (nSPS) is 11.4. The molecule has 0 fully saturated rings. The van der Waals surface area contributed by atoms with Gasteiger partial charge < -0.3 is 15.6 Å². The lowest BCUT2D eigenvalue weighted by molar-refractivity contribution is 0.256. The Balaban J connectivity index is 1.65. The maximum absolute atomic E-state index is 13.9. The average molecular weight is 538 g/mol. The van der Waals surface area contributed by atoms with Gasteiger partial charge in [0, 0.05) is 24.0 Å². The molecule has 0 aliphatic heterocycles. The quantitative estimate of drug-likeness (QED) is 0.297. The first kappa shape index (κ1) is 24.4. The maximum Gasteiger partial charge on any atom is 0.333 e. The van der Waals surface area contributed by atoms with Gasteiger partial charge in [-0.1, -0.05) is 11.6 Å². The first-order valence-electron chi connectivity index (χ1n) is 9.88. The van der Waals surface area contributed by atoms with Crippen LogP contribution in [0.4, 0.5) is 20.6 Å². The largest absolute Gasteiger partial charge is 0.388 e. The molecule has 2 heterocycles. The van der Waals surface area contributed by atoms with Gasteiger partial charge in [0.1, 0.15) is 10.9 Å². The zero-order chi connectivity index (χ0) is 25.3. The van der Waals surface area contributed by atoms with Gasteiger partial charge in [0.15, 0.2) is 0 Å². The first-order chi connectivity index (χ1) is 16.6. The molecule has 4 aromatic rings. The highest BCUT2D eigenvalue weighted by Crippen LogP contribution is 2.25. The highest BCUT2D eigenvalue weighted by molar-refractivity contribution is 7.92. The van der Waals surface area contributed by atoms with Crippen LogP contribution in [0.3, 0.4) is 0 Å². The van der Waals surface area contributed by atoms with Crippen molar-refractivity contribution < 1.29 is 17.6 Å². The Hall–Kier alpha value is -3.68. The van der Waals surface area contributed by atoms with Crippen molar-refractivity contribution in [2.45, 2.75) is 10.9 Å². The third-order valence-corrected chi connectivity index (χ3v) is 8.00. The number of aromatic nitrogens is 2. The van der Waals surface area contributed by atoms with Crippen LogP contribution >= 0.6 is 22.9 Å². The summed E-state index contributed by atoms with van der Waals surface area (Å²) < 4.78 is 41.1. The number of thiophene rings is 1. The fourth-order valence-electron chi connectivity index (χ4n) is 3.35. The fraction of sp³-hybridized carbons (Fsp3) is 0.0952. The molecular weight excluding hydrogens is 521 g/mol. The van der Waals surface area contributed by atoms with Crippen molar-refractivity contribution in [1.29, 1.82) is 0 Å². The Morgan fingerprint density at radius 3 is 2.51 bits per heavy atom. The van der Waals surface area contributed by atoms with E-state index in [1.165, 1.54) is 36.4 Å². The van der Waals surface area contributed by atoms with E-state index in [0.29, 0.717) is 11.2 Å². The molecule has 0 unspecified atom stereocenters. The van der Waals surface area contributed by atoms with Crippen LogP contribution in [0.1, 0.15) is 5.56 Å². The third-order valence-electron chi connectivity index (χ3n) is 4.95. The van der Waals surface area contributed by atoms with Gasteiger partial charge in [-0.25, -0.2) is 31.7 Å². The molecule has 0 bridgehead atoms. The number of anilines is 2. The summed E-state index contributed by atoms with van der Waals surface area (Å²) in [6, 6.07) is 10.1.